The molecule has 0 aliphatic rings. The molecular formula is C25H30N4O3. The van der Waals surface area contributed by atoms with Crippen molar-refractivity contribution in [2.45, 2.75) is 40.0 Å². The van der Waals surface area contributed by atoms with Crippen LogP contribution in [0.4, 0.5) is 17.3 Å². The van der Waals surface area contributed by atoms with E-state index in [1.807, 2.05) is 62.4 Å². The van der Waals surface area contributed by atoms with Crippen molar-refractivity contribution in [1.82, 2.24) is 9.97 Å². The number of aryl methyl sites for hydroxylation is 2. The quantitative estimate of drug-likeness (QED) is 0.534. The Labute approximate surface area is 189 Å². The van der Waals surface area contributed by atoms with Crippen molar-refractivity contribution in [3.63, 3.8) is 0 Å². The number of carbonyl (C=O) groups excluding carboxylic acids is 1. The third-order valence-electron chi connectivity index (χ3n) is 4.76. The number of anilines is 3. The normalized spacial score (nSPS) is 11.1. The van der Waals surface area contributed by atoms with Gasteiger partial charge in [-0.15, -0.1) is 0 Å². The van der Waals surface area contributed by atoms with E-state index in [9.17, 15) is 4.79 Å². The molecule has 1 aromatic heterocycles. The van der Waals surface area contributed by atoms with E-state index in [4.69, 9.17) is 9.47 Å². The van der Waals surface area contributed by atoms with Crippen molar-refractivity contribution in [2.75, 3.05) is 24.4 Å². The summed E-state index contributed by atoms with van der Waals surface area (Å²) >= 11 is 0. The predicted molar refractivity (Wildman–Crippen MR) is 127 cm³/mol. The van der Waals surface area contributed by atoms with Crippen molar-refractivity contribution in [2.24, 2.45) is 0 Å². The lowest BCUT2D eigenvalue weighted by Crippen LogP contribution is -2.22. The fraction of sp³-hybridized carbons (Fsp3) is 0.320. The first-order valence-electron chi connectivity index (χ1n) is 10.4. The van der Waals surface area contributed by atoms with Crippen molar-refractivity contribution in [3.05, 3.63) is 65.5 Å². The fourth-order valence-corrected chi connectivity index (χ4v) is 3.24. The molecule has 0 aliphatic heterocycles. The van der Waals surface area contributed by atoms with E-state index in [-0.39, 0.29) is 17.9 Å². The van der Waals surface area contributed by atoms with Crippen LogP contribution in [0.15, 0.2) is 48.5 Å². The maximum Gasteiger partial charge on any atom is 0.262 e. The summed E-state index contributed by atoms with van der Waals surface area (Å²) in [5.41, 5.74) is 4.14. The Morgan fingerprint density at radius 1 is 0.938 bits per heavy atom. The molecule has 0 radical (unpaired) electrons. The monoisotopic (exact) mass is 434 g/mol. The highest BCUT2D eigenvalue weighted by Gasteiger charge is 2.20. The topological polar surface area (TPSA) is 85.4 Å². The lowest BCUT2D eigenvalue weighted by molar-refractivity contribution is -0.118. The molecule has 7 heteroatoms. The summed E-state index contributed by atoms with van der Waals surface area (Å²) in [6.07, 6.45) is 0. The molecule has 0 saturated carbocycles. The molecule has 168 valence electrons. The molecule has 1 amide bonds. The SMILES string of the molecule is COc1ccc(OCC(=O)Nc2ccc(Nc3nc(C)cc(C)n3)cc2)c(C(C)(C)C)c1. The summed E-state index contributed by atoms with van der Waals surface area (Å²) in [5, 5.41) is 6.03. The van der Waals surface area contributed by atoms with E-state index in [0.29, 0.717) is 17.4 Å². The summed E-state index contributed by atoms with van der Waals surface area (Å²) in [6, 6.07) is 14.9. The second kappa shape index (κ2) is 9.68. The van der Waals surface area contributed by atoms with E-state index in [1.165, 1.54) is 0 Å². The highest BCUT2D eigenvalue weighted by molar-refractivity contribution is 5.92. The number of nitrogens with zero attached hydrogens (tertiary/aromatic N) is 2. The van der Waals surface area contributed by atoms with Crippen LogP contribution in [-0.4, -0.2) is 29.6 Å². The first kappa shape index (κ1) is 23.1. The second-order valence-corrected chi connectivity index (χ2v) is 8.63. The van der Waals surface area contributed by atoms with Crippen molar-refractivity contribution < 1.29 is 14.3 Å². The lowest BCUT2D eigenvalue weighted by atomic mass is 9.86. The molecule has 1 heterocycles. The molecule has 0 aliphatic carbocycles. The summed E-state index contributed by atoms with van der Waals surface area (Å²) in [7, 11) is 1.63. The molecule has 0 bridgehead atoms. The molecule has 0 unspecified atom stereocenters. The van der Waals surface area contributed by atoms with Gasteiger partial charge in [-0.25, -0.2) is 9.97 Å². The number of methoxy groups -OCH3 is 1. The van der Waals surface area contributed by atoms with Crippen LogP contribution in [0.1, 0.15) is 37.7 Å². The Morgan fingerprint density at radius 2 is 1.56 bits per heavy atom. The minimum atomic E-state index is -0.237. The molecular weight excluding hydrogens is 404 g/mol. The van der Waals surface area contributed by atoms with Gasteiger partial charge in [-0.2, -0.15) is 0 Å². The Kier molecular flexibility index (Phi) is 6.98. The molecule has 0 atom stereocenters. The van der Waals surface area contributed by atoms with E-state index in [2.05, 4.69) is 41.4 Å². The summed E-state index contributed by atoms with van der Waals surface area (Å²) in [6.45, 7) is 10.0. The molecule has 7 nitrogen and oxygen atoms in total. The Balaban J connectivity index is 1.60. The van der Waals surface area contributed by atoms with Gasteiger partial charge in [0.05, 0.1) is 7.11 Å². The minimum absolute atomic E-state index is 0.0914. The number of hydrogen-bond donors (Lipinski definition) is 2. The standard InChI is InChI=1S/C25H30N4O3/c1-16-13-17(2)27-24(26-16)29-19-9-7-18(8-10-19)28-23(30)15-32-22-12-11-20(31-6)14-21(22)25(3,4)5/h7-14H,15H2,1-6H3,(H,28,30)(H,26,27,29). The summed E-state index contributed by atoms with van der Waals surface area (Å²) in [4.78, 5) is 21.2. The van der Waals surface area contributed by atoms with Gasteiger partial charge in [0.2, 0.25) is 5.95 Å². The average Bonchev–Trinajstić information content (AvgIpc) is 2.72. The summed E-state index contributed by atoms with van der Waals surface area (Å²) < 4.78 is 11.1. The predicted octanol–water partition coefficient (Wildman–Crippen LogP) is 5.16. The molecule has 3 aromatic rings. The van der Waals surface area contributed by atoms with Gasteiger partial charge >= 0.3 is 0 Å². The number of carbonyl (C=O) groups is 1. The highest BCUT2D eigenvalue weighted by Crippen LogP contribution is 2.34. The molecule has 0 saturated heterocycles. The number of hydrogen-bond acceptors (Lipinski definition) is 6. The molecule has 0 fully saturated rings. The van der Waals surface area contributed by atoms with Crippen LogP contribution >= 0.6 is 0 Å². The first-order chi connectivity index (χ1) is 15.1. The number of aromatic nitrogens is 2. The van der Waals surface area contributed by atoms with Crippen LogP contribution in [0.3, 0.4) is 0 Å². The molecule has 3 rings (SSSR count). The van der Waals surface area contributed by atoms with Crippen LogP contribution in [0.5, 0.6) is 11.5 Å². The van der Waals surface area contributed by atoms with E-state index < -0.39 is 0 Å². The Morgan fingerprint density at radius 3 is 2.16 bits per heavy atom. The number of ether oxygens (including phenoxy) is 2. The van der Waals surface area contributed by atoms with Crippen LogP contribution in [0.25, 0.3) is 0 Å². The van der Waals surface area contributed by atoms with E-state index >= 15 is 0 Å². The van der Waals surface area contributed by atoms with Crippen molar-refractivity contribution in [3.8, 4) is 11.5 Å². The van der Waals surface area contributed by atoms with Gasteiger partial charge in [-0.05, 0) is 67.8 Å². The van der Waals surface area contributed by atoms with Crippen molar-refractivity contribution >= 4 is 23.2 Å². The zero-order valence-corrected chi connectivity index (χ0v) is 19.4. The van der Waals surface area contributed by atoms with Gasteiger partial charge in [-0.1, -0.05) is 20.8 Å². The van der Waals surface area contributed by atoms with E-state index in [0.717, 1.165) is 28.4 Å². The molecule has 2 aromatic carbocycles. The first-order valence-corrected chi connectivity index (χ1v) is 10.4. The van der Waals surface area contributed by atoms with Crippen LogP contribution in [0.2, 0.25) is 0 Å². The smallest absolute Gasteiger partial charge is 0.262 e. The van der Waals surface area contributed by atoms with Crippen LogP contribution in [-0.2, 0) is 10.2 Å². The third kappa shape index (κ3) is 6.20. The molecule has 2 N–H and O–H groups in total. The third-order valence-corrected chi connectivity index (χ3v) is 4.76. The Hall–Kier alpha value is -3.61. The number of amides is 1. The number of nitrogens with one attached hydrogen (secondary N) is 2. The number of benzene rings is 2. The van der Waals surface area contributed by atoms with Gasteiger partial charge < -0.3 is 20.1 Å². The average molecular weight is 435 g/mol. The lowest BCUT2D eigenvalue weighted by Gasteiger charge is -2.23. The largest absolute Gasteiger partial charge is 0.497 e. The zero-order valence-electron chi connectivity index (χ0n) is 19.4. The fourth-order valence-electron chi connectivity index (χ4n) is 3.24. The second-order valence-electron chi connectivity index (χ2n) is 8.63. The summed E-state index contributed by atoms with van der Waals surface area (Å²) in [5.74, 6) is 1.73. The van der Waals surface area contributed by atoms with Crippen LogP contribution in [0, 0.1) is 13.8 Å². The number of rotatable bonds is 7. The maximum absolute atomic E-state index is 12.4. The molecule has 32 heavy (non-hydrogen) atoms. The molecule has 0 spiro atoms. The van der Waals surface area contributed by atoms with Gasteiger partial charge in [0.15, 0.2) is 6.61 Å². The van der Waals surface area contributed by atoms with Gasteiger partial charge in [0, 0.05) is 28.3 Å². The Bertz CT molecular complexity index is 1070. The van der Waals surface area contributed by atoms with Crippen LogP contribution < -0.4 is 20.1 Å². The zero-order chi connectivity index (χ0) is 23.3. The van der Waals surface area contributed by atoms with Gasteiger partial charge in [0.25, 0.3) is 5.91 Å². The minimum Gasteiger partial charge on any atom is -0.497 e. The van der Waals surface area contributed by atoms with Gasteiger partial charge in [-0.3, -0.25) is 4.79 Å². The van der Waals surface area contributed by atoms with Gasteiger partial charge in [0.1, 0.15) is 11.5 Å². The van der Waals surface area contributed by atoms with Crippen molar-refractivity contribution in [1.29, 1.82) is 0 Å². The van der Waals surface area contributed by atoms with E-state index in [1.54, 1.807) is 7.11 Å². The highest BCUT2D eigenvalue weighted by atomic mass is 16.5. The maximum atomic E-state index is 12.4.